The molecular formula is C12H22IN3O. The molecule has 98 valence electrons. The van der Waals surface area contributed by atoms with E-state index in [-0.39, 0.29) is 24.0 Å². The van der Waals surface area contributed by atoms with Crippen molar-refractivity contribution < 1.29 is 4.74 Å². The van der Waals surface area contributed by atoms with Crippen LogP contribution >= 0.6 is 24.0 Å². The Morgan fingerprint density at radius 1 is 1.47 bits per heavy atom. The van der Waals surface area contributed by atoms with Crippen molar-refractivity contribution in [2.45, 2.75) is 19.8 Å². The van der Waals surface area contributed by atoms with Gasteiger partial charge in [-0.25, -0.2) is 0 Å². The quantitative estimate of drug-likeness (QED) is 0.238. The molecule has 0 saturated heterocycles. The third-order valence-corrected chi connectivity index (χ3v) is 2.26. The Hall–Kier alpha value is -0.480. The molecule has 0 unspecified atom stereocenters. The summed E-state index contributed by atoms with van der Waals surface area (Å²) in [6, 6.07) is 0. The summed E-state index contributed by atoms with van der Waals surface area (Å²) in [7, 11) is 0. The van der Waals surface area contributed by atoms with E-state index in [1.54, 1.807) is 0 Å². The Balaban J connectivity index is 0.00000256. The van der Waals surface area contributed by atoms with E-state index >= 15 is 0 Å². The van der Waals surface area contributed by atoms with Crippen molar-refractivity contribution in [2.75, 3.05) is 32.8 Å². The van der Waals surface area contributed by atoms with Gasteiger partial charge in [0.15, 0.2) is 5.96 Å². The van der Waals surface area contributed by atoms with E-state index in [4.69, 9.17) is 11.2 Å². The minimum atomic E-state index is 0. The van der Waals surface area contributed by atoms with Gasteiger partial charge in [0.25, 0.3) is 0 Å². The Morgan fingerprint density at radius 2 is 2.24 bits per heavy atom. The maximum absolute atomic E-state index is 5.49. The van der Waals surface area contributed by atoms with E-state index in [2.05, 4.69) is 21.5 Å². The number of aliphatic imine (C=N–C) groups is 1. The van der Waals surface area contributed by atoms with Crippen molar-refractivity contribution >= 4 is 29.9 Å². The lowest BCUT2D eigenvalue weighted by atomic mass is 10.5. The SMILES string of the molecule is C#CCNC(=NCCOCC1CC1)NCC.I. The van der Waals surface area contributed by atoms with E-state index in [0.717, 1.165) is 25.0 Å². The number of ether oxygens (including phenoxy) is 1. The average molecular weight is 351 g/mol. The number of nitrogens with zero attached hydrogens (tertiary/aromatic N) is 1. The highest BCUT2D eigenvalue weighted by atomic mass is 127. The third kappa shape index (κ3) is 9.24. The second-order valence-electron chi connectivity index (χ2n) is 3.84. The van der Waals surface area contributed by atoms with Crippen LogP contribution in [0.1, 0.15) is 19.8 Å². The van der Waals surface area contributed by atoms with Gasteiger partial charge in [0, 0.05) is 13.2 Å². The molecule has 4 nitrogen and oxygen atoms in total. The molecule has 0 aromatic heterocycles. The van der Waals surface area contributed by atoms with E-state index < -0.39 is 0 Å². The minimum absolute atomic E-state index is 0. The van der Waals surface area contributed by atoms with Gasteiger partial charge < -0.3 is 15.4 Å². The highest BCUT2D eigenvalue weighted by Crippen LogP contribution is 2.28. The number of terminal acetylenes is 1. The highest BCUT2D eigenvalue weighted by molar-refractivity contribution is 14.0. The van der Waals surface area contributed by atoms with Gasteiger partial charge in [-0.2, -0.15) is 0 Å². The molecule has 0 spiro atoms. The molecule has 1 rings (SSSR count). The van der Waals surface area contributed by atoms with Crippen molar-refractivity contribution in [1.82, 2.24) is 10.6 Å². The summed E-state index contributed by atoms with van der Waals surface area (Å²) in [5, 5.41) is 6.15. The second-order valence-corrected chi connectivity index (χ2v) is 3.84. The number of hydrogen-bond donors (Lipinski definition) is 2. The molecule has 0 aromatic rings. The molecule has 1 saturated carbocycles. The first-order valence-corrected chi connectivity index (χ1v) is 5.90. The van der Waals surface area contributed by atoms with Crippen LogP contribution in [-0.4, -0.2) is 38.8 Å². The predicted molar refractivity (Wildman–Crippen MR) is 81.8 cm³/mol. The molecule has 0 bridgehead atoms. The topological polar surface area (TPSA) is 45.7 Å². The van der Waals surface area contributed by atoms with Crippen LogP contribution in [0.5, 0.6) is 0 Å². The lowest BCUT2D eigenvalue weighted by Gasteiger charge is -2.08. The molecule has 17 heavy (non-hydrogen) atoms. The number of halogens is 1. The first-order chi connectivity index (χ1) is 7.86. The van der Waals surface area contributed by atoms with Crippen LogP contribution in [0.4, 0.5) is 0 Å². The number of guanidine groups is 1. The zero-order valence-corrected chi connectivity index (χ0v) is 12.7. The molecule has 0 radical (unpaired) electrons. The van der Waals surface area contributed by atoms with Crippen LogP contribution in [0, 0.1) is 18.3 Å². The molecule has 0 atom stereocenters. The summed E-state index contributed by atoms with van der Waals surface area (Å²) in [5.41, 5.74) is 0. The van der Waals surface area contributed by atoms with E-state index in [0.29, 0.717) is 19.7 Å². The fourth-order valence-corrected chi connectivity index (χ4v) is 1.23. The zero-order valence-electron chi connectivity index (χ0n) is 10.4. The molecule has 1 fully saturated rings. The maximum Gasteiger partial charge on any atom is 0.192 e. The van der Waals surface area contributed by atoms with Crippen molar-refractivity contribution in [2.24, 2.45) is 10.9 Å². The second kappa shape index (κ2) is 10.7. The first-order valence-electron chi connectivity index (χ1n) is 5.90. The smallest absolute Gasteiger partial charge is 0.192 e. The molecule has 0 aromatic carbocycles. The third-order valence-electron chi connectivity index (χ3n) is 2.26. The lowest BCUT2D eigenvalue weighted by Crippen LogP contribution is -2.37. The lowest BCUT2D eigenvalue weighted by molar-refractivity contribution is 0.132. The van der Waals surface area contributed by atoms with Gasteiger partial charge in [0.05, 0.1) is 19.7 Å². The minimum Gasteiger partial charge on any atom is -0.379 e. The van der Waals surface area contributed by atoms with Gasteiger partial charge in [-0.15, -0.1) is 30.4 Å². The van der Waals surface area contributed by atoms with Crippen LogP contribution in [0.15, 0.2) is 4.99 Å². The van der Waals surface area contributed by atoms with Crippen LogP contribution in [-0.2, 0) is 4.74 Å². The Morgan fingerprint density at radius 3 is 2.82 bits per heavy atom. The molecule has 1 aliphatic rings. The van der Waals surface area contributed by atoms with Crippen LogP contribution in [0.3, 0.4) is 0 Å². The first kappa shape index (κ1) is 16.5. The van der Waals surface area contributed by atoms with Crippen LogP contribution in [0.25, 0.3) is 0 Å². The fourth-order valence-electron chi connectivity index (χ4n) is 1.23. The van der Waals surface area contributed by atoms with Gasteiger partial charge in [0.1, 0.15) is 0 Å². The average Bonchev–Trinajstić information content (AvgIpc) is 3.09. The number of hydrogen-bond acceptors (Lipinski definition) is 2. The summed E-state index contributed by atoms with van der Waals surface area (Å²) >= 11 is 0. The number of nitrogens with one attached hydrogen (secondary N) is 2. The van der Waals surface area contributed by atoms with Gasteiger partial charge >= 0.3 is 0 Å². The maximum atomic E-state index is 5.49. The summed E-state index contributed by atoms with van der Waals surface area (Å²) in [6.07, 6.45) is 7.83. The molecule has 5 heteroatoms. The van der Waals surface area contributed by atoms with Crippen molar-refractivity contribution in [3.63, 3.8) is 0 Å². The fraction of sp³-hybridized carbons (Fsp3) is 0.750. The molecule has 1 aliphatic carbocycles. The number of rotatable bonds is 7. The van der Waals surface area contributed by atoms with E-state index in [1.165, 1.54) is 12.8 Å². The molecule has 0 heterocycles. The van der Waals surface area contributed by atoms with E-state index in [9.17, 15) is 0 Å². The molecular weight excluding hydrogens is 329 g/mol. The normalized spacial score (nSPS) is 14.7. The summed E-state index contributed by atoms with van der Waals surface area (Å²) < 4.78 is 5.49. The van der Waals surface area contributed by atoms with Gasteiger partial charge in [0.2, 0.25) is 0 Å². The molecule has 0 aliphatic heterocycles. The van der Waals surface area contributed by atoms with Gasteiger partial charge in [-0.3, -0.25) is 4.99 Å². The van der Waals surface area contributed by atoms with Gasteiger partial charge in [-0.05, 0) is 25.7 Å². The Bertz CT molecular complexity index is 259. The summed E-state index contributed by atoms with van der Waals surface area (Å²) in [4.78, 5) is 4.34. The molecule has 2 N–H and O–H groups in total. The Labute approximate surface area is 121 Å². The van der Waals surface area contributed by atoms with Crippen molar-refractivity contribution in [3.8, 4) is 12.3 Å². The highest BCUT2D eigenvalue weighted by Gasteiger charge is 2.20. The summed E-state index contributed by atoms with van der Waals surface area (Å²) in [5.74, 6) is 4.09. The molecule has 0 amide bonds. The van der Waals surface area contributed by atoms with E-state index in [1.807, 2.05) is 6.92 Å². The Kier molecular flexibility index (Phi) is 10.4. The van der Waals surface area contributed by atoms with Crippen molar-refractivity contribution in [3.05, 3.63) is 0 Å². The monoisotopic (exact) mass is 351 g/mol. The predicted octanol–water partition coefficient (Wildman–Crippen LogP) is 1.22. The standard InChI is InChI=1S/C12H21N3O.HI/c1-3-7-14-12(13-4-2)15-8-9-16-10-11-5-6-11;/h1,11H,4-10H2,2H3,(H2,13,14,15);1H. The van der Waals surface area contributed by atoms with Gasteiger partial charge in [-0.1, -0.05) is 5.92 Å². The largest absolute Gasteiger partial charge is 0.379 e. The van der Waals surface area contributed by atoms with Crippen molar-refractivity contribution in [1.29, 1.82) is 0 Å². The zero-order chi connectivity index (χ0) is 11.6. The van der Waals surface area contributed by atoms with Crippen LogP contribution < -0.4 is 10.6 Å². The van der Waals surface area contributed by atoms with Crippen LogP contribution in [0.2, 0.25) is 0 Å². The summed E-state index contributed by atoms with van der Waals surface area (Å²) in [6.45, 7) is 5.60.